The third-order valence-corrected chi connectivity index (χ3v) is 4.18. The second-order valence-corrected chi connectivity index (χ2v) is 6.04. The van der Waals surface area contributed by atoms with Crippen LogP contribution in [0.4, 0.5) is 10.9 Å². The molecule has 0 aliphatic carbocycles. The molecule has 1 aromatic carbocycles. The molecule has 0 aliphatic heterocycles. The van der Waals surface area contributed by atoms with E-state index in [2.05, 4.69) is 15.3 Å². The van der Waals surface area contributed by atoms with Crippen LogP contribution in [0.3, 0.4) is 0 Å². The number of nitro groups is 1. The molecular weight excluding hydrogens is 372 g/mol. The van der Waals surface area contributed by atoms with Crippen LogP contribution in [0.1, 0.15) is 0 Å². The number of nitrogens with zero attached hydrogens (tertiary/aromatic N) is 3. The van der Waals surface area contributed by atoms with Gasteiger partial charge in [0.05, 0.1) is 12.8 Å². The Balaban J connectivity index is 1.60. The summed E-state index contributed by atoms with van der Waals surface area (Å²) in [5, 5.41) is 15.7. The number of methoxy groups -OCH3 is 1. The SMILES string of the molecule is COc1ccc(-c2csc(NC(=O)COc3cccnc3[N+](=O)[O-])n2)cc1. The minimum absolute atomic E-state index is 0.0734. The van der Waals surface area contributed by atoms with Gasteiger partial charge in [-0.2, -0.15) is 0 Å². The molecule has 0 bridgehead atoms. The number of hydrogen-bond acceptors (Lipinski definition) is 8. The van der Waals surface area contributed by atoms with Crippen molar-refractivity contribution >= 4 is 28.2 Å². The lowest BCUT2D eigenvalue weighted by atomic mass is 10.2. The molecule has 0 saturated heterocycles. The molecule has 10 heteroatoms. The fraction of sp³-hybridized carbons (Fsp3) is 0.118. The molecule has 0 aliphatic rings. The summed E-state index contributed by atoms with van der Waals surface area (Å²) in [7, 11) is 1.59. The molecule has 0 radical (unpaired) electrons. The number of nitrogens with one attached hydrogen (secondary N) is 1. The maximum absolute atomic E-state index is 12.0. The van der Waals surface area contributed by atoms with Crippen LogP contribution < -0.4 is 14.8 Å². The monoisotopic (exact) mass is 386 g/mol. The average molecular weight is 386 g/mol. The second kappa shape index (κ2) is 8.23. The minimum atomic E-state index is -0.671. The molecule has 0 atom stereocenters. The molecule has 0 spiro atoms. The molecule has 0 fully saturated rings. The predicted molar refractivity (Wildman–Crippen MR) is 99.1 cm³/mol. The first-order valence-corrected chi connectivity index (χ1v) is 8.57. The minimum Gasteiger partial charge on any atom is -0.497 e. The Labute approximate surface area is 157 Å². The molecule has 0 saturated carbocycles. The number of ether oxygens (including phenoxy) is 2. The van der Waals surface area contributed by atoms with Gasteiger partial charge in [-0.25, -0.2) is 4.98 Å². The largest absolute Gasteiger partial charge is 0.497 e. The Kier molecular flexibility index (Phi) is 5.57. The van der Waals surface area contributed by atoms with Crippen LogP contribution in [0.2, 0.25) is 0 Å². The number of hydrogen-bond donors (Lipinski definition) is 1. The highest BCUT2D eigenvalue weighted by Crippen LogP contribution is 2.27. The number of carbonyl (C=O) groups is 1. The van der Waals surface area contributed by atoms with E-state index in [1.54, 1.807) is 7.11 Å². The van der Waals surface area contributed by atoms with E-state index in [1.807, 2.05) is 29.6 Å². The lowest BCUT2D eigenvalue weighted by molar-refractivity contribution is -0.390. The zero-order valence-corrected chi connectivity index (χ0v) is 14.9. The number of anilines is 1. The zero-order valence-electron chi connectivity index (χ0n) is 14.1. The second-order valence-electron chi connectivity index (χ2n) is 5.19. The van der Waals surface area contributed by atoms with Crippen molar-refractivity contribution in [2.45, 2.75) is 0 Å². The maximum atomic E-state index is 12.0. The van der Waals surface area contributed by atoms with Gasteiger partial charge in [0.2, 0.25) is 5.75 Å². The van der Waals surface area contributed by atoms with Crippen molar-refractivity contribution in [3.8, 4) is 22.8 Å². The van der Waals surface area contributed by atoms with Gasteiger partial charge < -0.3 is 19.6 Å². The van der Waals surface area contributed by atoms with E-state index in [0.29, 0.717) is 10.8 Å². The van der Waals surface area contributed by atoms with Gasteiger partial charge in [-0.05, 0) is 46.3 Å². The van der Waals surface area contributed by atoms with Crippen LogP contribution in [-0.4, -0.2) is 34.5 Å². The molecule has 1 amide bonds. The standard InChI is InChI=1S/C17H14N4O5S/c1-25-12-6-4-11(5-7-12)13-10-27-17(19-13)20-15(22)9-26-14-3-2-8-18-16(14)21(23)24/h2-8,10H,9H2,1H3,(H,19,20,22). The molecule has 2 heterocycles. The van der Waals surface area contributed by atoms with Gasteiger partial charge in [0, 0.05) is 10.9 Å². The van der Waals surface area contributed by atoms with Gasteiger partial charge in [0.25, 0.3) is 5.91 Å². The Hall–Kier alpha value is -3.53. The first-order chi connectivity index (χ1) is 13.1. The smallest absolute Gasteiger partial charge is 0.406 e. The van der Waals surface area contributed by atoms with E-state index in [9.17, 15) is 14.9 Å². The normalized spacial score (nSPS) is 10.3. The highest BCUT2D eigenvalue weighted by Gasteiger charge is 2.17. The molecule has 0 unspecified atom stereocenters. The fourth-order valence-corrected chi connectivity index (χ4v) is 2.89. The summed E-state index contributed by atoms with van der Waals surface area (Å²) >= 11 is 1.26. The van der Waals surface area contributed by atoms with E-state index < -0.39 is 23.3 Å². The van der Waals surface area contributed by atoms with Gasteiger partial charge in [-0.3, -0.25) is 10.1 Å². The summed E-state index contributed by atoms with van der Waals surface area (Å²) in [6.07, 6.45) is 1.28. The maximum Gasteiger partial charge on any atom is 0.406 e. The molecular formula is C17H14N4O5S. The lowest BCUT2D eigenvalue weighted by Crippen LogP contribution is -2.20. The van der Waals surface area contributed by atoms with E-state index >= 15 is 0 Å². The Morgan fingerprint density at radius 2 is 2.07 bits per heavy atom. The lowest BCUT2D eigenvalue weighted by Gasteiger charge is -2.05. The molecule has 138 valence electrons. The zero-order chi connectivity index (χ0) is 19.2. The van der Waals surface area contributed by atoms with E-state index in [0.717, 1.165) is 11.3 Å². The number of benzene rings is 1. The number of carbonyl (C=O) groups excluding carboxylic acids is 1. The molecule has 2 aromatic heterocycles. The Bertz CT molecular complexity index is 958. The number of aromatic nitrogens is 2. The van der Waals surface area contributed by atoms with Gasteiger partial charge in [-0.1, -0.05) is 0 Å². The summed E-state index contributed by atoms with van der Waals surface area (Å²) in [5.74, 6) is -0.259. The van der Waals surface area contributed by atoms with Crippen molar-refractivity contribution in [2.24, 2.45) is 0 Å². The van der Waals surface area contributed by atoms with E-state index in [4.69, 9.17) is 9.47 Å². The first kappa shape index (κ1) is 18.3. The molecule has 9 nitrogen and oxygen atoms in total. The van der Waals surface area contributed by atoms with Crippen molar-refractivity contribution in [2.75, 3.05) is 19.0 Å². The van der Waals surface area contributed by atoms with Crippen molar-refractivity contribution in [1.29, 1.82) is 0 Å². The van der Waals surface area contributed by atoms with Gasteiger partial charge >= 0.3 is 5.82 Å². The highest BCUT2D eigenvalue weighted by molar-refractivity contribution is 7.14. The summed E-state index contributed by atoms with van der Waals surface area (Å²) in [6.45, 7) is -0.399. The molecule has 27 heavy (non-hydrogen) atoms. The average Bonchev–Trinajstić information content (AvgIpc) is 3.15. The van der Waals surface area contributed by atoms with Crippen LogP contribution in [-0.2, 0) is 4.79 Å². The molecule has 3 aromatic rings. The first-order valence-electron chi connectivity index (χ1n) is 7.69. The van der Waals surface area contributed by atoms with Crippen molar-refractivity contribution < 1.29 is 19.2 Å². The molecule has 3 rings (SSSR count). The van der Waals surface area contributed by atoms with Crippen LogP contribution in [0.25, 0.3) is 11.3 Å². The number of pyridine rings is 1. The van der Waals surface area contributed by atoms with Crippen LogP contribution in [0, 0.1) is 10.1 Å². The number of thiazole rings is 1. The van der Waals surface area contributed by atoms with Crippen LogP contribution in [0.15, 0.2) is 48.0 Å². The van der Waals surface area contributed by atoms with E-state index in [1.165, 1.54) is 29.7 Å². The fourth-order valence-electron chi connectivity index (χ4n) is 2.16. The van der Waals surface area contributed by atoms with Crippen molar-refractivity contribution in [3.63, 3.8) is 0 Å². The van der Waals surface area contributed by atoms with Gasteiger partial charge in [0.1, 0.15) is 11.9 Å². The molecule has 1 N–H and O–H groups in total. The Morgan fingerprint density at radius 1 is 1.30 bits per heavy atom. The quantitative estimate of drug-likeness (QED) is 0.490. The third kappa shape index (κ3) is 4.55. The predicted octanol–water partition coefficient (Wildman–Crippen LogP) is 3.14. The van der Waals surface area contributed by atoms with Gasteiger partial charge in [0.15, 0.2) is 11.7 Å². The van der Waals surface area contributed by atoms with Crippen molar-refractivity contribution in [1.82, 2.24) is 9.97 Å². The number of rotatable bonds is 7. The van der Waals surface area contributed by atoms with Crippen LogP contribution >= 0.6 is 11.3 Å². The number of amides is 1. The Morgan fingerprint density at radius 3 is 2.78 bits per heavy atom. The topological polar surface area (TPSA) is 116 Å². The summed E-state index contributed by atoms with van der Waals surface area (Å²) in [6, 6.07) is 10.2. The van der Waals surface area contributed by atoms with Gasteiger partial charge in [-0.15, -0.1) is 11.3 Å². The summed E-state index contributed by atoms with van der Waals surface area (Å²) in [5.41, 5.74) is 1.59. The van der Waals surface area contributed by atoms with Crippen LogP contribution in [0.5, 0.6) is 11.5 Å². The summed E-state index contributed by atoms with van der Waals surface area (Å²) < 4.78 is 10.3. The highest BCUT2D eigenvalue weighted by atomic mass is 32.1. The van der Waals surface area contributed by atoms with E-state index in [-0.39, 0.29) is 5.75 Å². The van der Waals surface area contributed by atoms with Crippen molar-refractivity contribution in [3.05, 3.63) is 58.1 Å². The third-order valence-electron chi connectivity index (χ3n) is 3.42. The summed E-state index contributed by atoms with van der Waals surface area (Å²) in [4.78, 5) is 30.2.